The van der Waals surface area contributed by atoms with Gasteiger partial charge in [0, 0.05) is 37.9 Å². The van der Waals surface area contributed by atoms with E-state index in [1.165, 1.54) is 25.3 Å². The van der Waals surface area contributed by atoms with E-state index in [0.717, 1.165) is 31.7 Å². The van der Waals surface area contributed by atoms with E-state index in [9.17, 15) is 14.3 Å². The first-order valence-electron chi connectivity index (χ1n) is 9.01. The number of carbonyl (C=O) groups is 1. The number of benzene rings is 1. The number of hydrogen-bond donors (Lipinski definition) is 1. The fraction of sp³-hybridized carbons (Fsp3) is 0.400. The summed E-state index contributed by atoms with van der Waals surface area (Å²) < 4.78 is 19.1. The number of carboxylic acids is 1. The molecule has 7 heteroatoms. The third kappa shape index (κ3) is 4.81. The summed E-state index contributed by atoms with van der Waals surface area (Å²) in [6, 6.07) is 8.91. The molecule has 0 amide bonds. The molecule has 2 heterocycles. The van der Waals surface area contributed by atoms with E-state index >= 15 is 0 Å². The van der Waals surface area contributed by atoms with Gasteiger partial charge in [0.25, 0.3) is 0 Å². The molecule has 1 fully saturated rings. The Balaban J connectivity index is 1.76. The van der Waals surface area contributed by atoms with Gasteiger partial charge in [-0.3, -0.25) is 19.6 Å². The molecule has 0 radical (unpaired) electrons. The van der Waals surface area contributed by atoms with Gasteiger partial charge in [0.15, 0.2) is 0 Å². The van der Waals surface area contributed by atoms with Crippen LogP contribution in [-0.4, -0.2) is 59.1 Å². The van der Waals surface area contributed by atoms with E-state index in [-0.39, 0.29) is 0 Å². The Morgan fingerprint density at radius 2 is 2.11 bits per heavy atom. The number of rotatable bonds is 6. The predicted octanol–water partition coefficient (Wildman–Crippen LogP) is 2.56. The lowest BCUT2D eigenvalue weighted by molar-refractivity contribution is -0.143. The Morgan fingerprint density at radius 1 is 1.26 bits per heavy atom. The fourth-order valence-corrected chi connectivity index (χ4v) is 3.53. The van der Waals surface area contributed by atoms with Crippen LogP contribution in [0.4, 0.5) is 4.39 Å². The number of aliphatic carboxylic acids is 1. The molecule has 1 aliphatic heterocycles. The highest BCUT2D eigenvalue weighted by atomic mass is 19.1. The zero-order valence-electron chi connectivity index (χ0n) is 15.3. The number of hydrogen-bond acceptors (Lipinski definition) is 5. The van der Waals surface area contributed by atoms with Crippen molar-refractivity contribution >= 4 is 5.97 Å². The van der Waals surface area contributed by atoms with Crippen molar-refractivity contribution in [1.29, 1.82) is 0 Å². The lowest BCUT2D eigenvalue weighted by atomic mass is 10.0. The van der Waals surface area contributed by atoms with Gasteiger partial charge in [-0.15, -0.1) is 0 Å². The van der Waals surface area contributed by atoms with Gasteiger partial charge in [0.2, 0.25) is 0 Å². The molecule has 144 valence electrons. The van der Waals surface area contributed by atoms with Gasteiger partial charge in [-0.05, 0) is 43.3 Å². The maximum Gasteiger partial charge on any atom is 0.325 e. The average Bonchev–Trinajstić information content (AvgIpc) is 2.88. The van der Waals surface area contributed by atoms with Gasteiger partial charge in [-0.1, -0.05) is 6.07 Å². The highest BCUT2D eigenvalue weighted by molar-refractivity contribution is 5.76. The quantitative estimate of drug-likeness (QED) is 0.840. The van der Waals surface area contributed by atoms with Crippen LogP contribution in [0.3, 0.4) is 0 Å². The number of aromatic nitrogens is 1. The van der Waals surface area contributed by atoms with Gasteiger partial charge in [0.05, 0.1) is 12.8 Å². The first-order chi connectivity index (χ1) is 13.1. The van der Waals surface area contributed by atoms with Crippen molar-refractivity contribution in [2.75, 3.05) is 33.3 Å². The van der Waals surface area contributed by atoms with Crippen LogP contribution in [-0.2, 0) is 11.3 Å². The molecule has 1 saturated heterocycles. The molecule has 1 atom stereocenters. The molecule has 6 nitrogen and oxygen atoms in total. The second-order valence-corrected chi connectivity index (χ2v) is 6.61. The van der Waals surface area contributed by atoms with Crippen LogP contribution in [0.1, 0.15) is 23.7 Å². The molecule has 2 aromatic rings. The van der Waals surface area contributed by atoms with Crippen LogP contribution in [0, 0.1) is 5.82 Å². The van der Waals surface area contributed by atoms with Crippen LogP contribution >= 0.6 is 0 Å². The average molecular weight is 373 g/mol. The Kier molecular flexibility index (Phi) is 6.36. The van der Waals surface area contributed by atoms with Gasteiger partial charge < -0.3 is 9.84 Å². The smallest absolute Gasteiger partial charge is 0.325 e. The molecule has 27 heavy (non-hydrogen) atoms. The first kappa shape index (κ1) is 19.3. The van der Waals surface area contributed by atoms with E-state index in [1.807, 2.05) is 23.1 Å². The zero-order chi connectivity index (χ0) is 19.2. The van der Waals surface area contributed by atoms with Crippen molar-refractivity contribution in [3.63, 3.8) is 0 Å². The highest BCUT2D eigenvalue weighted by Gasteiger charge is 2.31. The number of nitrogens with zero attached hydrogens (tertiary/aromatic N) is 3. The Hall–Kier alpha value is -2.51. The van der Waals surface area contributed by atoms with Gasteiger partial charge in [-0.25, -0.2) is 4.39 Å². The summed E-state index contributed by atoms with van der Waals surface area (Å²) in [5, 5.41) is 9.84. The number of carboxylic acid groups (broad SMARTS) is 1. The fourth-order valence-electron chi connectivity index (χ4n) is 3.53. The van der Waals surface area contributed by atoms with Crippen molar-refractivity contribution in [3.8, 4) is 5.75 Å². The molecule has 1 aromatic carbocycles. The van der Waals surface area contributed by atoms with Gasteiger partial charge in [-0.2, -0.15) is 0 Å². The number of methoxy groups -OCH3 is 1. The SMILES string of the molecule is COc1ccc(F)cc1C(C(=O)O)N1CCCN(Cc2ccccn2)CC1. The molecule has 0 spiro atoms. The normalized spacial score (nSPS) is 17.3. The topological polar surface area (TPSA) is 65.9 Å². The maximum absolute atomic E-state index is 13.8. The Bertz CT molecular complexity index is 772. The van der Waals surface area contributed by atoms with Gasteiger partial charge in [0.1, 0.15) is 17.6 Å². The molecule has 0 bridgehead atoms. The summed E-state index contributed by atoms with van der Waals surface area (Å²) in [7, 11) is 1.46. The summed E-state index contributed by atoms with van der Waals surface area (Å²) in [6.07, 6.45) is 2.60. The summed E-state index contributed by atoms with van der Waals surface area (Å²) in [4.78, 5) is 20.5. The minimum absolute atomic E-state index is 0.350. The molecule has 1 aromatic heterocycles. The maximum atomic E-state index is 13.8. The third-order valence-electron chi connectivity index (χ3n) is 4.82. The first-order valence-corrected chi connectivity index (χ1v) is 9.01. The molecule has 1 unspecified atom stereocenters. The van der Waals surface area contributed by atoms with E-state index in [2.05, 4.69) is 9.88 Å². The van der Waals surface area contributed by atoms with Crippen LogP contribution in [0.15, 0.2) is 42.6 Å². The van der Waals surface area contributed by atoms with Crippen LogP contribution in [0.2, 0.25) is 0 Å². The van der Waals surface area contributed by atoms with E-state index in [0.29, 0.717) is 24.4 Å². The standard InChI is InChI=1S/C20H24FN3O3/c1-27-18-7-6-15(21)13-17(18)19(20(25)26)24-10-4-9-23(11-12-24)14-16-5-2-3-8-22-16/h2-3,5-8,13,19H,4,9-12,14H2,1H3,(H,25,26). The lowest BCUT2D eigenvalue weighted by Crippen LogP contribution is -2.37. The molecule has 1 aliphatic rings. The number of pyridine rings is 1. The van der Waals surface area contributed by atoms with E-state index in [1.54, 1.807) is 6.20 Å². The molecular formula is C20H24FN3O3. The largest absolute Gasteiger partial charge is 0.496 e. The summed E-state index contributed by atoms with van der Waals surface area (Å²) in [5.74, 6) is -1.08. The third-order valence-corrected chi connectivity index (χ3v) is 4.82. The molecule has 3 rings (SSSR count). The van der Waals surface area contributed by atoms with Crippen LogP contribution in [0.5, 0.6) is 5.75 Å². The van der Waals surface area contributed by atoms with Crippen molar-refractivity contribution in [3.05, 3.63) is 59.7 Å². The minimum Gasteiger partial charge on any atom is -0.496 e. The number of ether oxygens (including phenoxy) is 1. The van der Waals surface area contributed by atoms with Crippen molar-refractivity contribution < 1.29 is 19.0 Å². The minimum atomic E-state index is -1.00. The molecule has 1 N–H and O–H groups in total. The Labute approximate surface area is 158 Å². The number of halogens is 1. The van der Waals surface area contributed by atoms with E-state index in [4.69, 9.17) is 4.74 Å². The zero-order valence-corrected chi connectivity index (χ0v) is 15.3. The molecule has 0 aliphatic carbocycles. The van der Waals surface area contributed by atoms with E-state index < -0.39 is 17.8 Å². The van der Waals surface area contributed by atoms with Crippen LogP contribution in [0.25, 0.3) is 0 Å². The summed E-state index contributed by atoms with van der Waals surface area (Å²) in [5.41, 5.74) is 1.34. The molecule has 0 saturated carbocycles. The van der Waals surface area contributed by atoms with Crippen molar-refractivity contribution in [1.82, 2.24) is 14.8 Å². The predicted molar refractivity (Wildman–Crippen MR) is 99.0 cm³/mol. The summed E-state index contributed by atoms with van der Waals surface area (Å²) in [6.45, 7) is 3.51. The summed E-state index contributed by atoms with van der Waals surface area (Å²) >= 11 is 0. The Morgan fingerprint density at radius 3 is 2.81 bits per heavy atom. The monoisotopic (exact) mass is 373 g/mol. The van der Waals surface area contributed by atoms with Crippen molar-refractivity contribution in [2.24, 2.45) is 0 Å². The van der Waals surface area contributed by atoms with Gasteiger partial charge >= 0.3 is 5.97 Å². The lowest BCUT2D eigenvalue weighted by Gasteiger charge is -2.29. The van der Waals surface area contributed by atoms with Crippen LogP contribution < -0.4 is 4.74 Å². The second kappa shape index (κ2) is 8.92. The molecular weight excluding hydrogens is 349 g/mol. The highest BCUT2D eigenvalue weighted by Crippen LogP contribution is 2.31. The second-order valence-electron chi connectivity index (χ2n) is 6.61. The van der Waals surface area contributed by atoms with Crippen molar-refractivity contribution in [2.45, 2.75) is 19.0 Å².